The van der Waals surface area contributed by atoms with Crippen LogP contribution in [0.2, 0.25) is 0 Å². The number of hydrogen-bond donors (Lipinski definition) is 0. The summed E-state index contributed by atoms with van der Waals surface area (Å²) in [6.45, 7) is 12.6. The lowest BCUT2D eigenvalue weighted by atomic mass is 9.48. The molecule has 1 aromatic carbocycles. The van der Waals surface area contributed by atoms with E-state index in [0.717, 1.165) is 52.4 Å². The lowest BCUT2D eigenvalue weighted by Gasteiger charge is -2.56. The van der Waals surface area contributed by atoms with E-state index < -0.39 is 0 Å². The second-order valence-corrected chi connectivity index (χ2v) is 15.3. The van der Waals surface area contributed by atoms with Gasteiger partial charge in [-0.25, -0.2) is 0 Å². The second-order valence-electron chi connectivity index (χ2n) is 14.3. The molecule has 1 aromatic heterocycles. The molecule has 4 heteroatoms. The van der Waals surface area contributed by atoms with E-state index in [-0.39, 0.29) is 5.41 Å². The molecule has 0 saturated heterocycles. The summed E-state index contributed by atoms with van der Waals surface area (Å²) in [4.78, 5) is 0.968. The van der Waals surface area contributed by atoms with Crippen molar-refractivity contribution in [3.05, 3.63) is 52.9 Å². The minimum atomic E-state index is 0.281. The molecule has 0 aliphatic heterocycles. The highest BCUT2D eigenvalue weighted by molar-refractivity contribution is 7.16. The number of allylic oxidation sites excluding steroid dienone is 4. The molecule has 2 fully saturated rings. The fourth-order valence-corrected chi connectivity index (χ4v) is 10.4. The fraction of sp³-hybridized carbons (Fsp3) is 0.657. The molecule has 6 rings (SSSR count). The van der Waals surface area contributed by atoms with Crippen LogP contribution in [0.4, 0.5) is 0 Å². The first-order chi connectivity index (χ1) is 18.7. The zero-order chi connectivity index (χ0) is 27.4. The summed E-state index contributed by atoms with van der Waals surface area (Å²) in [5.74, 6) is 5.01. The van der Waals surface area contributed by atoms with Crippen molar-refractivity contribution < 1.29 is 0 Å². The van der Waals surface area contributed by atoms with Crippen molar-refractivity contribution in [3.8, 4) is 0 Å². The van der Waals surface area contributed by atoms with Crippen LogP contribution in [-0.2, 0) is 7.05 Å². The molecule has 4 aliphatic carbocycles. The third kappa shape index (κ3) is 4.73. The normalized spacial score (nSPS) is 36.2. The first-order valence-electron chi connectivity index (χ1n) is 15.8. The maximum absolute atomic E-state index is 4.79. The number of para-hydroxylation sites is 1. The van der Waals surface area contributed by atoms with Gasteiger partial charge in [-0.05, 0) is 109 Å². The number of rotatable bonds is 6. The van der Waals surface area contributed by atoms with Gasteiger partial charge < -0.3 is 4.57 Å². The highest BCUT2D eigenvalue weighted by Crippen LogP contribution is 2.66. The van der Waals surface area contributed by atoms with Crippen molar-refractivity contribution in [1.82, 2.24) is 4.57 Å². The Labute approximate surface area is 240 Å². The van der Waals surface area contributed by atoms with Gasteiger partial charge in [-0.2, -0.15) is 5.10 Å². The van der Waals surface area contributed by atoms with Gasteiger partial charge in [0.15, 0.2) is 0 Å². The summed E-state index contributed by atoms with van der Waals surface area (Å²) < 4.78 is 3.42. The van der Waals surface area contributed by atoms with Crippen LogP contribution in [0.3, 0.4) is 0 Å². The SMILES string of the molecule is CC(C)CCC[C@@H](C)[C@H]1CC[C@H]2[C@@H]3C=CC4=C/C(=N/N=c5/sc6ccccc6n5C)CC[C@]4(C)[C@H]3CC[C@]12C. The molecule has 3 nitrogen and oxygen atoms in total. The number of benzene rings is 1. The largest absolute Gasteiger partial charge is 0.318 e. The van der Waals surface area contributed by atoms with Gasteiger partial charge in [0.1, 0.15) is 0 Å². The number of aryl methyl sites for hydroxylation is 1. The van der Waals surface area contributed by atoms with Crippen LogP contribution < -0.4 is 4.80 Å². The fourth-order valence-electron chi connectivity index (χ4n) is 9.40. The van der Waals surface area contributed by atoms with Gasteiger partial charge in [0.25, 0.3) is 0 Å². The Bertz CT molecular complexity index is 1370. The number of nitrogens with zero attached hydrogens (tertiary/aromatic N) is 3. The quantitative estimate of drug-likeness (QED) is 0.325. The minimum absolute atomic E-state index is 0.281. The summed E-state index contributed by atoms with van der Waals surface area (Å²) in [6.07, 6.45) is 19.7. The van der Waals surface area contributed by atoms with E-state index in [1.807, 2.05) is 0 Å². The van der Waals surface area contributed by atoms with E-state index in [4.69, 9.17) is 10.2 Å². The third-order valence-electron chi connectivity index (χ3n) is 11.7. The van der Waals surface area contributed by atoms with Gasteiger partial charge in [-0.15, -0.1) is 5.10 Å². The molecule has 0 N–H and O–H groups in total. The van der Waals surface area contributed by atoms with Gasteiger partial charge in [0, 0.05) is 7.05 Å². The monoisotopic (exact) mass is 543 g/mol. The molecule has 2 saturated carbocycles. The molecule has 0 radical (unpaired) electrons. The molecule has 4 aliphatic rings. The summed E-state index contributed by atoms with van der Waals surface area (Å²) in [7, 11) is 2.09. The zero-order valence-corrected chi connectivity index (χ0v) is 25.9. The van der Waals surface area contributed by atoms with Crippen molar-refractivity contribution in [3.63, 3.8) is 0 Å². The molecule has 0 unspecified atom stereocenters. The summed E-state index contributed by atoms with van der Waals surface area (Å²) in [5.41, 5.74) is 4.67. The zero-order valence-electron chi connectivity index (χ0n) is 25.1. The van der Waals surface area contributed by atoms with Crippen molar-refractivity contribution >= 4 is 27.3 Å². The van der Waals surface area contributed by atoms with E-state index in [1.165, 1.54) is 67.2 Å². The predicted molar refractivity (Wildman–Crippen MR) is 167 cm³/mol. The van der Waals surface area contributed by atoms with Crippen molar-refractivity contribution in [2.45, 2.75) is 92.4 Å². The Morgan fingerprint density at radius 2 is 1.82 bits per heavy atom. The van der Waals surface area contributed by atoms with Gasteiger partial charge >= 0.3 is 0 Å². The lowest BCUT2D eigenvalue weighted by Crippen LogP contribution is -2.49. The number of aromatic nitrogens is 1. The number of fused-ring (bicyclic) bond motifs is 6. The van der Waals surface area contributed by atoms with Crippen molar-refractivity contribution in [2.75, 3.05) is 0 Å². The average Bonchev–Trinajstić information content (AvgIpc) is 3.43. The van der Waals surface area contributed by atoms with E-state index in [1.54, 1.807) is 11.3 Å². The van der Waals surface area contributed by atoms with Crippen LogP contribution in [0.15, 0.2) is 58.3 Å². The van der Waals surface area contributed by atoms with Crippen molar-refractivity contribution in [2.24, 2.45) is 63.6 Å². The number of thiazole rings is 1. The third-order valence-corrected chi connectivity index (χ3v) is 12.8. The Hall–Kier alpha value is -1.94. The summed E-state index contributed by atoms with van der Waals surface area (Å²) in [6, 6.07) is 8.51. The van der Waals surface area contributed by atoms with Gasteiger partial charge in [-0.1, -0.05) is 89.5 Å². The highest BCUT2D eigenvalue weighted by Gasteiger charge is 2.58. The molecule has 39 heavy (non-hydrogen) atoms. The molecular formula is C35H49N3S. The minimum Gasteiger partial charge on any atom is -0.318 e. The molecule has 7 atom stereocenters. The Morgan fingerprint density at radius 1 is 1.00 bits per heavy atom. The van der Waals surface area contributed by atoms with Gasteiger partial charge in [-0.3, -0.25) is 0 Å². The van der Waals surface area contributed by atoms with E-state index in [2.05, 4.69) is 88.7 Å². The maximum atomic E-state index is 4.79. The number of hydrogen-bond acceptors (Lipinski definition) is 3. The molecule has 210 valence electrons. The van der Waals surface area contributed by atoms with Gasteiger partial charge in [0.05, 0.1) is 15.9 Å². The van der Waals surface area contributed by atoms with Crippen LogP contribution in [0.25, 0.3) is 10.2 Å². The molecular weight excluding hydrogens is 494 g/mol. The van der Waals surface area contributed by atoms with Crippen LogP contribution in [0, 0.1) is 46.3 Å². The molecule has 0 amide bonds. The van der Waals surface area contributed by atoms with E-state index >= 15 is 0 Å². The first kappa shape index (κ1) is 27.2. The van der Waals surface area contributed by atoms with Crippen LogP contribution >= 0.6 is 11.3 Å². The first-order valence-corrected chi connectivity index (χ1v) is 16.6. The highest BCUT2D eigenvalue weighted by atomic mass is 32.1. The van der Waals surface area contributed by atoms with E-state index in [0.29, 0.717) is 5.41 Å². The molecule has 2 aromatic rings. The molecule has 1 heterocycles. The van der Waals surface area contributed by atoms with E-state index in [9.17, 15) is 0 Å². The average molecular weight is 544 g/mol. The van der Waals surface area contributed by atoms with Crippen LogP contribution in [-0.4, -0.2) is 10.3 Å². The van der Waals surface area contributed by atoms with Crippen LogP contribution in [0.1, 0.15) is 92.4 Å². The predicted octanol–water partition coefficient (Wildman–Crippen LogP) is 9.31. The molecule has 0 spiro atoms. The second kappa shape index (κ2) is 10.5. The summed E-state index contributed by atoms with van der Waals surface area (Å²) >= 11 is 1.72. The van der Waals surface area contributed by atoms with Gasteiger partial charge in [0.2, 0.25) is 4.80 Å². The van der Waals surface area contributed by atoms with Crippen LogP contribution in [0.5, 0.6) is 0 Å². The smallest absolute Gasteiger partial charge is 0.211 e. The van der Waals surface area contributed by atoms with Crippen molar-refractivity contribution in [1.29, 1.82) is 0 Å². The standard InChI is InChI=1S/C35H49N3S/c1-23(2)10-9-11-24(3)28-16-17-29-27-15-14-25-22-26(18-20-34(25,4)30(27)19-21-35(28,29)5)36-37-33-38(6)31-12-7-8-13-32(31)39-33/h7-8,12-15,22-24,27-30H,9-11,16-21H2,1-6H3/b36-26+,37-33+/t24-,27+,28-,29+,30+,34+,35-/m1/s1. The Morgan fingerprint density at radius 3 is 2.62 bits per heavy atom. The topological polar surface area (TPSA) is 29.6 Å². The maximum Gasteiger partial charge on any atom is 0.211 e. The summed E-state index contributed by atoms with van der Waals surface area (Å²) in [5, 5.41) is 9.50. The Kier molecular flexibility index (Phi) is 7.31. The molecule has 0 bridgehead atoms. The Balaban J connectivity index is 1.22. The lowest BCUT2D eigenvalue weighted by molar-refractivity contribution is -0.0247.